The van der Waals surface area contributed by atoms with Crippen LogP contribution in [0.25, 0.3) is 0 Å². The first-order chi connectivity index (χ1) is 27.0. The third-order valence-electron chi connectivity index (χ3n) is 14.3. The molecule has 3 aliphatic heterocycles. The largest absolute Gasteiger partial charge is 0.494 e. The fourth-order valence-corrected chi connectivity index (χ4v) is 8.16. The van der Waals surface area contributed by atoms with E-state index in [0.717, 1.165) is 33.3 Å². The van der Waals surface area contributed by atoms with E-state index in [-0.39, 0.29) is 40.7 Å². The maximum Gasteiger partial charge on any atom is 0.494 e. The molecule has 2 saturated carbocycles. The van der Waals surface area contributed by atoms with E-state index in [4.69, 9.17) is 37.4 Å². The van der Waals surface area contributed by atoms with Crippen molar-refractivity contribution in [1.82, 2.24) is 0 Å². The molecule has 0 aromatic heterocycles. The predicted molar refractivity (Wildman–Crippen MR) is 242 cm³/mol. The van der Waals surface area contributed by atoms with Gasteiger partial charge in [-0.25, -0.2) is 0 Å². The van der Waals surface area contributed by atoms with Crippen molar-refractivity contribution in [3.63, 3.8) is 0 Å². The van der Waals surface area contributed by atoms with E-state index >= 15 is 0 Å². The monoisotopic (exact) mass is 866 g/mol. The lowest BCUT2D eigenvalue weighted by atomic mass is 9.49. The highest BCUT2D eigenvalue weighted by molar-refractivity contribution is 9.10. The van der Waals surface area contributed by atoms with Gasteiger partial charge in [-0.1, -0.05) is 54.8 Å². The number of hydrogen-bond acceptors (Lipinski definition) is 8. The third-order valence-corrected chi connectivity index (χ3v) is 14.9. The first kappa shape index (κ1) is 47.5. The highest BCUT2D eigenvalue weighted by Crippen LogP contribution is 2.43. The number of benzene rings is 2. The van der Waals surface area contributed by atoms with Gasteiger partial charge < -0.3 is 37.4 Å². The second-order valence-electron chi connectivity index (χ2n) is 20.2. The molecule has 3 saturated heterocycles. The molecule has 322 valence electrons. The number of halogens is 1. The van der Waals surface area contributed by atoms with E-state index in [1.54, 1.807) is 0 Å². The van der Waals surface area contributed by atoms with Crippen LogP contribution in [-0.2, 0) is 27.9 Å². The molecule has 0 spiro atoms. The second-order valence-corrected chi connectivity index (χ2v) is 21.1. The van der Waals surface area contributed by atoms with Gasteiger partial charge in [0.1, 0.15) is 11.5 Å². The highest BCUT2D eigenvalue weighted by atomic mass is 79.9. The molecular weight excluding hydrogens is 793 g/mol. The molecule has 0 amide bonds. The molecule has 3 heterocycles. The van der Waals surface area contributed by atoms with Gasteiger partial charge in [-0.2, -0.15) is 0 Å². The van der Waals surface area contributed by atoms with Crippen LogP contribution in [0, 0.1) is 11.8 Å². The molecule has 12 heteroatoms. The molecule has 0 N–H and O–H groups in total. The molecule has 5 aliphatic rings. The zero-order valence-electron chi connectivity index (χ0n) is 38.4. The molecule has 0 unspecified atom stereocenters. The predicted octanol–water partition coefficient (Wildman–Crippen LogP) is 11.4. The standard InChI is InChI=1S/C20H31BO3.C14H19BrO.C12H24B2O4/c1-6-15-7-11-17(12-8-15)22-18-13-9-16(10-14-18)21-23-19(2,3)20(4,5)24-21;1-2-11-3-7-13(8-4-11)16-14-9-5-12(15)6-10-14;1-9(2)10(3,4)16-13(15-9)14-17-11(5,6)12(7,8)18-14/h9-10,13-15,17H,6-8,11-12H2,1-5H3;5-6,9-11,13H,2-4,7-8H2,1H3;1-8H3. The molecule has 2 aliphatic carbocycles. The fraction of sp³-hybridized carbons (Fsp3) is 0.739. The minimum Gasteiger partial charge on any atom is -0.490 e. The number of rotatable bonds is 8. The van der Waals surface area contributed by atoms with Crippen LogP contribution in [0.3, 0.4) is 0 Å². The first-order valence-corrected chi connectivity index (χ1v) is 23.0. The molecule has 7 rings (SSSR count). The Labute approximate surface area is 361 Å². The SMILES string of the molecule is CC1(C)OB(B2OC(C)(C)C(C)(C)O2)OC1(C)C.CCC1CCC(Oc2ccc(B3OC(C)(C)C(C)(C)O3)cc2)CC1.CCC1CCC(Oc2ccc(Br)cc2)CC1. The van der Waals surface area contributed by atoms with E-state index < -0.39 is 14.0 Å². The lowest BCUT2D eigenvalue weighted by Crippen LogP contribution is -2.41. The van der Waals surface area contributed by atoms with Crippen molar-refractivity contribution in [2.45, 2.75) is 207 Å². The summed E-state index contributed by atoms with van der Waals surface area (Å²) in [5, 5.41) is 0. The van der Waals surface area contributed by atoms with E-state index in [9.17, 15) is 0 Å². The fourth-order valence-electron chi connectivity index (χ4n) is 7.90. The van der Waals surface area contributed by atoms with Crippen LogP contribution in [-0.4, -0.2) is 67.0 Å². The van der Waals surface area contributed by atoms with Gasteiger partial charge in [0.05, 0.1) is 45.8 Å². The van der Waals surface area contributed by atoms with Crippen molar-refractivity contribution < 1.29 is 37.4 Å². The van der Waals surface area contributed by atoms with Gasteiger partial charge in [0.25, 0.3) is 0 Å². The summed E-state index contributed by atoms with van der Waals surface area (Å²) in [4.78, 5) is 0. The normalized spacial score (nSPS) is 28.8. The number of hydrogen-bond donors (Lipinski definition) is 0. The van der Waals surface area contributed by atoms with E-state index in [2.05, 4.69) is 69.6 Å². The Morgan fingerprint density at radius 2 is 0.759 bits per heavy atom. The van der Waals surface area contributed by atoms with Gasteiger partial charge in [0.15, 0.2) is 0 Å². The van der Waals surface area contributed by atoms with Crippen LogP contribution >= 0.6 is 15.9 Å². The molecule has 0 radical (unpaired) electrons. The Bertz CT molecular complexity index is 1500. The molecule has 2 aromatic carbocycles. The summed E-state index contributed by atoms with van der Waals surface area (Å²) >= 11 is 3.43. The maximum absolute atomic E-state index is 6.17. The van der Waals surface area contributed by atoms with Gasteiger partial charge >= 0.3 is 21.1 Å². The number of ether oxygens (including phenoxy) is 2. The summed E-state index contributed by atoms with van der Waals surface area (Å²) < 4.78 is 49.3. The molecule has 58 heavy (non-hydrogen) atoms. The Morgan fingerprint density at radius 1 is 0.466 bits per heavy atom. The topological polar surface area (TPSA) is 73.8 Å². The molecule has 0 atom stereocenters. The Morgan fingerprint density at radius 3 is 1.07 bits per heavy atom. The Kier molecular flexibility index (Phi) is 15.4. The zero-order chi connectivity index (χ0) is 42.7. The van der Waals surface area contributed by atoms with Crippen LogP contribution < -0.4 is 14.9 Å². The lowest BCUT2D eigenvalue weighted by molar-refractivity contribution is 0.00578. The van der Waals surface area contributed by atoms with Crippen molar-refractivity contribution in [3.05, 3.63) is 53.0 Å². The van der Waals surface area contributed by atoms with Crippen LogP contribution in [0.15, 0.2) is 53.0 Å². The molecule has 8 nitrogen and oxygen atoms in total. The molecule has 5 fully saturated rings. The summed E-state index contributed by atoms with van der Waals surface area (Å²) in [5.41, 5.74) is -0.990. The molecule has 2 aromatic rings. The average molecular weight is 867 g/mol. The third kappa shape index (κ3) is 11.7. The van der Waals surface area contributed by atoms with Gasteiger partial charge in [0, 0.05) is 4.47 Å². The van der Waals surface area contributed by atoms with Crippen molar-refractivity contribution in [2.75, 3.05) is 0 Å². The van der Waals surface area contributed by atoms with E-state index in [0.29, 0.717) is 12.2 Å². The van der Waals surface area contributed by atoms with Crippen molar-refractivity contribution in [2.24, 2.45) is 11.8 Å². The summed E-state index contributed by atoms with van der Waals surface area (Å²) in [7, 11) is -1.25. The average Bonchev–Trinajstić information content (AvgIpc) is 3.63. The van der Waals surface area contributed by atoms with Crippen LogP contribution in [0.1, 0.15) is 161 Å². The summed E-state index contributed by atoms with van der Waals surface area (Å²) in [5.74, 6) is 3.79. The quantitative estimate of drug-likeness (QED) is 0.243. The van der Waals surface area contributed by atoms with Gasteiger partial charge in [0.2, 0.25) is 0 Å². The summed E-state index contributed by atoms with van der Waals surface area (Å²) in [6.07, 6.45) is 13.5. The molecular formula is C46H74B3BrO8. The van der Waals surface area contributed by atoms with Crippen molar-refractivity contribution >= 4 is 42.5 Å². The smallest absolute Gasteiger partial charge is 0.490 e. The van der Waals surface area contributed by atoms with Gasteiger partial charge in [-0.3, -0.25) is 0 Å². The van der Waals surface area contributed by atoms with E-state index in [1.165, 1.54) is 64.2 Å². The van der Waals surface area contributed by atoms with Crippen LogP contribution in [0.5, 0.6) is 11.5 Å². The van der Waals surface area contributed by atoms with Crippen LogP contribution in [0.2, 0.25) is 0 Å². The summed E-state index contributed by atoms with van der Waals surface area (Å²) in [6.45, 7) is 29.1. The zero-order valence-corrected chi connectivity index (χ0v) is 40.0. The van der Waals surface area contributed by atoms with Crippen LogP contribution in [0.4, 0.5) is 0 Å². The van der Waals surface area contributed by atoms with Gasteiger partial charge in [-0.15, -0.1) is 0 Å². The Hall–Kier alpha value is -1.53. The minimum atomic E-state index is -0.476. The summed E-state index contributed by atoms with van der Waals surface area (Å²) in [6, 6.07) is 16.4. The molecule has 0 bridgehead atoms. The maximum atomic E-state index is 6.17. The first-order valence-electron chi connectivity index (χ1n) is 22.2. The van der Waals surface area contributed by atoms with Crippen molar-refractivity contribution in [3.8, 4) is 11.5 Å². The second kappa shape index (κ2) is 18.8. The van der Waals surface area contributed by atoms with Gasteiger partial charge in [-0.05, 0) is 188 Å². The lowest BCUT2D eigenvalue weighted by Gasteiger charge is -2.32. The minimum absolute atomic E-state index is 0.301. The van der Waals surface area contributed by atoms with Crippen molar-refractivity contribution in [1.29, 1.82) is 0 Å². The highest BCUT2D eigenvalue weighted by Gasteiger charge is 2.63. The van der Waals surface area contributed by atoms with E-state index in [1.807, 2.05) is 91.8 Å². The Balaban J connectivity index is 0.000000170.